The maximum Gasteiger partial charge on any atom is 0.433 e. The molecule has 2 aromatic rings. The summed E-state index contributed by atoms with van der Waals surface area (Å²) in [7, 11) is 0. The minimum absolute atomic E-state index is 0.0100. The van der Waals surface area contributed by atoms with Crippen LogP contribution >= 0.6 is 11.8 Å². The molecule has 0 aliphatic carbocycles. The highest BCUT2D eigenvalue weighted by Gasteiger charge is 2.32. The van der Waals surface area contributed by atoms with Crippen molar-refractivity contribution in [3.8, 4) is 11.4 Å². The highest BCUT2D eigenvalue weighted by atomic mass is 32.2. The number of carbonyl (C=O) groups is 1. The van der Waals surface area contributed by atoms with Crippen molar-refractivity contribution in [2.75, 3.05) is 5.75 Å². The molecule has 0 atom stereocenters. The monoisotopic (exact) mass is 302 g/mol. The van der Waals surface area contributed by atoms with Crippen LogP contribution in [0.5, 0.6) is 0 Å². The highest BCUT2D eigenvalue weighted by Crippen LogP contribution is 2.28. The maximum atomic E-state index is 12.4. The van der Waals surface area contributed by atoms with Crippen LogP contribution in [0, 0.1) is 0 Å². The van der Waals surface area contributed by atoms with Crippen molar-refractivity contribution >= 4 is 17.5 Å². The van der Waals surface area contributed by atoms with E-state index in [0.717, 1.165) is 12.3 Å². The molecule has 2 heterocycles. The fourth-order valence-electron chi connectivity index (χ4n) is 1.31. The summed E-state index contributed by atoms with van der Waals surface area (Å²) < 4.78 is 37.1. The number of alkyl halides is 3. The van der Waals surface area contributed by atoms with Gasteiger partial charge in [0.15, 0.2) is 11.0 Å². The molecular weight excluding hydrogens is 293 g/mol. The van der Waals surface area contributed by atoms with E-state index in [2.05, 4.69) is 20.2 Å². The second-order valence-corrected chi connectivity index (χ2v) is 4.86. The zero-order valence-corrected chi connectivity index (χ0v) is 11.0. The predicted molar refractivity (Wildman–Crippen MR) is 66.0 cm³/mol. The molecule has 0 aliphatic heterocycles. The van der Waals surface area contributed by atoms with Gasteiger partial charge in [0.05, 0.1) is 5.75 Å². The number of carbonyl (C=O) groups excluding carboxylic acids is 1. The molecule has 5 nitrogen and oxygen atoms in total. The van der Waals surface area contributed by atoms with Crippen LogP contribution in [0.15, 0.2) is 23.5 Å². The largest absolute Gasteiger partial charge is 0.433 e. The van der Waals surface area contributed by atoms with Gasteiger partial charge in [-0.15, -0.1) is 10.2 Å². The standard InChI is InChI=1S/C11H9F3N4OS/c1-6(19)5-20-10-16-9(17-18-10)7-2-3-8(15-4-7)11(12,13)14/h2-4H,5H2,1H3,(H,16,17,18). The summed E-state index contributed by atoms with van der Waals surface area (Å²) in [6.07, 6.45) is -3.40. The minimum Gasteiger partial charge on any atom is -0.316 e. The molecule has 0 radical (unpaired) electrons. The first-order valence-electron chi connectivity index (χ1n) is 5.45. The zero-order chi connectivity index (χ0) is 14.8. The van der Waals surface area contributed by atoms with Gasteiger partial charge in [-0.1, -0.05) is 11.8 Å². The number of nitrogens with zero attached hydrogens (tertiary/aromatic N) is 3. The van der Waals surface area contributed by atoms with Crippen LogP contribution in [0.4, 0.5) is 13.2 Å². The molecule has 106 valence electrons. The van der Waals surface area contributed by atoms with Crippen LogP contribution in [0.25, 0.3) is 11.4 Å². The molecule has 20 heavy (non-hydrogen) atoms. The molecule has 0 fully saturated rings. The lowest BCUT2D eigenvalue weighted by Gasteiger charge is -2.04. The number of H-pyrrole nitrogens is 1. The van der Waals surface area contributed by atoms with E-state index in [4.69, 9.17) is 0 Å². The molecule has 0 saturated heterocycles. The van der Waals surface area contributed by atoms with E-state index in [0.29, 0.717) is 16.5 Å². The summed E-state index contributed by atoms with van der Waals surface area (Å²) in [5.74, 6) is 0.543. The van der Waals surface area contributed by atoms with Gasteiger partial charge < -0.3 is 4.98 Å². The van der Waals surface area contributed by atoms with Gasteiger partial charge in [0.25, 0.3) is 0 Å². The van der Waals surface area contributed by atoms with Gasteiger partial charge >= 0.3 is 6.18 Å². The molecule has 0 aromatic carbocycles. The van der Waals surface area contributed by atoms with Crippen molar-refractivity contribution in [1.29, 1.82) is 0 Å². The summed E-state index contributed by atoms with van der Waals surface area (Å²) in [6, 6.07) is 2.13. The number of nitrogens with one attached hydrogen (secondary N) is 1. The fourth-order valence-corrected chi connectivity index (χ4v) is 1.92. The van der Waals surface area contributed by atoms with Crippen LogP contribution in [0.2, 0.25) is 0 Å². The summed E-state index contributed by atoms with van der Waals surface area (Å²) in [5.41, 5.74) is -0.577. The number of hydrogen-bond donors (Lipinski definition) is 1. The summed E-state index contributed by atoms with van der Waals surface area (Å²) in [5, 5.41) is 8.01. The molecule has 0 spiro atoms. The van der Waals surface area contributed by atoms with Crippen molar-refractivity contribution in [2.24, 2.45) is 0 Å². The van der Waals surface area contributed by atoms with E-state index in [-0.39, 0.29) is 11.5 Å². The lowest BCUT2D eigenvalue weighted by molar-refractivity contribution is -0.141. The maximum absolute atomic E-state index is 12.4. The molecule has 0 amide bonds. The lowest BCUT2D eigenvalue weighted by Crippen LogP contribution is -2.07. The van der Waals surface area contributed by atoms with Crippen LogP contribution < -0.4 is 0 Å². The van der Waals surface area contributed by atoms with Crippen molar-refractivity contribution in [2.45, 2.75) is 18.3 Å². The Balaban J connectivity index is 2.14. The number of aromatic amines is 1. The van der Waals surface area contributed by atoms with Crippen molar-refractivity contribution < 1.29 is 18.0 Å². The number of Topliss-reactive ketones (excluding diaryl/α,β-unsaturated/α-hetero) is 1. The Morgan fingerprint density at radius 2 is 2.10 bits per heavy atom. The quantitative estimate of drug-likeness (QED) is 0.879. The number of halogens is 3. The molecule has 0 bridgehead atoms. The highest BCUT2D eigenvalue weighted by molar-refractivity contribution is 7.99. The van der Waals surface area contributed by atoms with E-state index in [1.807, 2.05) is 0 Å². The molecule has 0 unspecified atom stereocenters. The van der Waals surface area contributed by atoms with E-state index in [9.17, 15) is 18.0 Å². The summed E-state index contributed by atoms with van der Waals surface area (Å²) >= 11 is 1.17. The second kappa shape index (κ2) is 5.61. The minimum atomic E-state index is -4.47. The van der Waals surface area contributed by atoms with E-state index in [1.165, 1.54) is 24.8 Å². The van der Waals surface area contributed by atoms with Crippen molar-refractivity contribution in [3.63, 3.8) is 0 Å². The Bertz CT molecular complexity index is 609. The molecule has 0 saturated carbocycles. The van der Waals surface area contributed by atoms with E-state index >= 15 is 0 Å². The van der Waals surface area contributed by atoms with Crippen LogP contribution in [-0.2, 0) is 11.0 Å². The molecule has 0 aliphatic rings. The third-order valence-corrected chi connectivity index (χ3v) is 3.21. The van der Waals surface area contributed by atoms with Crippen LogP contribution in [0.3, 0.4) is 0 Å². The molecule has 2 rings (SSSR count). The smallest absolute Gasteiger partial charge is 0.316 e. The molecule has 9 heteroatoms. The lowest BCUT2D eigenvalue weighted by atomic mass is 10.2. The van der Waals surface area contributed by atoms with Gasteiger partial charge in [0.1, 0.15) is 11.5 Å². The first-order chi connectivity index (χ1) is 9.36. The number of hydrogen-bond acceptors (Lipinski definition) is 5. The number of pyridine rings is 1. The van der Waals surface area contributed by atoms with Crippen molar-refractivity contribution in [1.82, 2.24) is 20.2 Å². The Morgan fingerprint density at radius 1 is 1.35 bits per heavy atom. The normalized spacial score (nSPS) is 11.6. The third kappa shape index (κ3) is 3.56. The number of aromatic nitrogens is 4. The van der Waals surface area contributed by atoms with Gasteiger partial charge in [0.2, 0.25) is 0 Å². The predicted octanol–water partition coefficient (Wildman–Crippen LogP) is 2.57. The number of rotatable bonds is 4. The van der Waals surface area contributed by atoms with Gasteiger partial charge in [-0.05, 0) is 19.1 Å². The first kappa shape index (κ1) is 14.5. The van der Waals surface area contributed by atoms with Crippen LogP contribution in [-0.4, -0.2) is 31.7 Å². The third-order valence-electron chi connectivity index (χ3n) is 2.21. The van der Waals surface area contributed by atoms with Gasteiger partial charge in [-0.25, -0.2) is 0 Å². The topological polar surface area (TPSA) is 71.5 Å². The first-order valence-corrected chi connectivity index (χ1v) is 6.43. The average Bonchev–Trinajstić information content (AvgIpc) is 2.84. The Labute approximate surface area is 116 Å². The van der Waals surface area contributed by atoms with Gasteiger partial charge in [-0.3, -0.25) is 9.78 Å². The zero-order valence-electron chi connectivity index (χ0n) is 10.2. The Kier molecular flexibility index (Phi) is 4.07. The summed E-state index contributed by atoms with van der Waals surface area (Å²) in [4.78, 5) is 17.0. The second-order valence-electron chi connectivity index (χ2n) is 3.90. The SMILES string of the molecule is CC(=O)CSc1nnc(-c2ccc(C(F)(F)F)nc2)[nH]1. The Morgan fingerprint density at radius 3 is 2.65 bits per heavy atom. The molecule has 2 aromatic heterocycles. The average molecular weight is 302 g/mol. The van der Waals surface area contributed by atoms with E-state index < -0.39 is 11.9 Å². The molecule has 1 N–H and O–H groups in total. The van der Waals surface area contributed by atoms with Gasteiger partial charge in [0, 0.05) is 11.8 Å². The molecular formula is C11H9F3N4OS. The van der Waals surface area contributed by atoms with Gasteiger partial charge in [-0.2, -0.15) is 13.2 Å². The number of thioether (sulfide) groups is 1. The van der Waals surface area contributed by atoms with E-state index in [1.54, 1.807) is 0 Å². The van der Waals surface area contributed by atoms with Crippen molar-refractivity contribution in [3.05, 3.63) is 24.0 Å². The Hall–Kier alpha value is -1.90. The number of ketones is 1. The van der Waals surface area contributed by atoms with Crippen LogP contribution in [0.1, 0.15) is 12.6 Å². The summed E-state index contributed by atoms with van der Waals surface area (Å²) in [6.45, 7) is 1.45. The fraction of sp³-hybridized carbons (Fsp3) is 0.273.